The molecule has 7 nitrogen and oxygen atoms in total. The summed E-state index contributed by atoms with van der Waals surface area (Å²) in [6, 6.07) is 12.2. The number of nitrogens with one attached hydrogen (secondary N) is 1. The Morgan fingerprint density at radius 2 is 1.43 bits per heavy atom. The number of carbonyl (C=O) groups excluding carboxylic acids is 1. The van der Waals surface area contributed by atoms with Gasteiger partial charge in [-0.3, -0.25) is 9.28 Å². The van der Waals surface area contributed by atoms with Crippen LogP contribution in [0.25, 0.3) is 0 Å². The molecule has 194 valence electrons. The summed E-state index contributed by atoms with van der Waals surface area (Å²) in [5.74, 6) is 3.02. The summed E-state index contributed by atoms with van der Waals surface area (Å²) < 4.78 is 22.6. The van der Waals surface area contributed by atoms with Crippen LogP contribution in [0.1, 0.15) is 44.6 Å². The van der Waals surface area contributed by atoms with Crippen molar-refractivity contribution in [3.05, 3.63) is 42.0 Å². The lowest BCUT2D eigenvalue weighted by Gasteiger charge is -2.35. The third-order valence-electron chi connectivity index (χ3n) is 6.49. The lowest BCUT2D eigenvalue weighted by atomic mass is 10.1. The SMILES string of the molecule is CCCCCC(=O)NCCC[N+](C)(CCc1ccc(OC)c(OC)c1)c1ccc(OC)c(OC)c1. The van der Waals surface area contributed by atoms with Gasteiger partial charge < -0.3 is 24.3 Å². The van der Waals surface area contributed by atoms with Crippen molar-refractivity contribution in [2.24, 2.45) is 0 Å². The highest BCUT2D eigenvalue weighted by Crippen LogP contribution is 2.34. The molecule has 0 fully saturated rings. The third-order valence-corrected chi connectivity index (χ3v) is 6.49. The molecule has 1 amide bonds. The Morgan fingerprint density at radius 1 is 0.800 bits per heavy atom. The van der Waals surface area contributed by atoms with Crippen molar-refractivity contribution in [3.8, 4) is 23.0 Å². The highest BCUT2D eigenvalue weighted by molar-refractivity contribution is 5.75. The molecular formula is C28H43N2O5+. The van der Waals surface area contributed by atoms with E-state index >= 15 is 0 Å². The minimum Gasteiger partial charge on any atom is -0.493 e. The summed E-state index contributed by atoms with van der Waals surface area (Å²) in [6.07, 6.45) is 5.50. The van der Waals surface area contributed by atoms with E-state index in [0.29, 0.717) is 28.9 Å². The van der Waals surface area contributed by atoms with Crippen molar-refractivity contribution in [2.75, 3.05) is 55.1 Å². The number of methoxy groups -OCH3 is 4. The van der Waals surface area contributed by atoms with Crippen LogP contribution in [0, 0.1) is 0 Å². The van der Waals surface area contributed by atoms with Gasteiger partial charge in [0.05, 0.1) is 48.6 Å². The average molecular weight is 488 g/mol. The first-order chi connectivity index (χ1) is 16.9. The number of carbonyl (C=O) groups is 1. The van der Waals surface area contributed by atoms with Gasteiger partial charge in [-0.1, -0.05) is 25.8 Å². The smallest absolute Gasteiger partial charge is 0.219 e. The Labute approximate surface area is 210 Å². The maximum atomic E-state index is 12.1. The number of likely N-dealkylation sites (N-methyl/N-ethyl adjacent to an activating group) is 1. The average Bonchev–Trinajstić information content (AvgIpc) is 2.89. The fraction of sp³-hybridized carbons (Fsp3) is 0.536. The van der Waals surface area contributed by atoms with Crippen LogP contribution >= 0.6 is 0 Å². The van der Waals surface area contributed by atoms with Crippen LogP contribution < -0.4 is 28.7 Å². The van der Waals surface area contributed by atoms with Crippen LogP contribution in [-0.4, -0.2) is 61.0 Å². The van der Waals surface area contributed by atoms with E-state index in [0.717, 1.165) is 62.4 Å². The second-order valence-electron chi connectivity index (χ2n) is 8.98. The number of unbranched alkanes of at least 4 members (excludes halogenated alkanes) is 2. The molecule has 0 aliphatic heterocycles. The Balaban J connectivity index is 2.15. The molecule has 7 heteroatoms. The van der Waals surface area contributed by atoms with E-state index in [9.17, 15) is 4.79 Å². The van der Waals surface area contributed by atoms with E-state index in [1.165, 1.54) is 5.56 Å². The number of nitrogens with zero attached hydrogens (tertiary/aromatic N) is 1. The van der Waals surface area contributed by atoms with Gasteiger partial charge in [0.15, 0.2) is 23.0 Å². The second-order valence-corrected chi connectivity index (χ2v) is 8.98. The zero-order valence-electron chi connectivity index (χ0n) is 22.3. The summed E-state index contributed by atoms with van der Waals surface area (Å²) in [5.41, 5.74) is 2.31. The maximum Gasteiger partial charge on any atom is 0.219 e. The number of benzene rings is 2. The van der Waals surface area contributed by atoms with Gasteiger partial charge in [0, 0.05) is 37.9 Å². The molecule has 0 heterocycles. The van der Waals surface area contributed by atoms with Crippen molar-refractivity contribution < 1.29 is 23.7 Å². The molecule has 2 aromatic rings. The lowest BCUT2D eigenvalue weighted by Crippen LogP contribution is -2.48. The van der Waals surface area contributed by atoms with Crippen LogP contribution in [0.4, 0.5) is 5.69 Å². The van der Waals surface area contributed by atoms with Crippen LogP contribution in [0.15, 0.2) is 36.4 Å². The van der Waals surface area contributed by atoms with Gasteiger partial charge in [-0.2, -0.15) is 0 Å². The molecule has 0 spiro atoms. The van der Waals surface area contributed by atoms with E-state index < -0.39 is 0 Å². The Kier molecular flexibility index (Phi) is 11.7. The highest BCUT2D eigenvalue weighted by Gasteiger charge is 2.26. The zero-order chi connectivity index (χ0) is 25.7. The highest BCUT2D eigenvalue weighted by atomic mass is 16.5. The molecule has 0 saturated heterocycles. The van der Waals surface area contributed by atoms with Crippen LogP contribution in [0.5, 0.6) is 23.0 Å². The van der Waals surface area contributed by atoms with Crippen LogP contribution in [-0.2, 0) is 11.2 Å². The molecule has 1 N–H and O–H groups in total. The van der Waals surface area contributed by atoms with Crippen molar-refractivity contribution in [1.29, 1.82) is 0 Å². The number of rotatable bonds is 16. The number of amides is 1. The van der Waals surface area contributed by atoms with Crippen molar-refractivity contribution in [2.45, 2.75) is 45.4 Å². The van der Waals surface area contributed by atoms with E-state index in [1.807, 2.05) is 18.2 Å². The molecule has 35 heavy (non-hydrogen) atoms. The normalized spacial score (nSPS) is 12.5. The number of hydrogen-bond acceptors (Lipinski definition) is 5. The minimum atomic E-state index is 0.143. The van der Waals surface area contributed by atoms with Crippen molar-refractivity contribution in [3.63, 3.8) is 0 Å². The molecule has 2 rings (SSSR count). The molecule has 2 aromatic carbocycles. The molecule has 0 bridgehead atoms. The predicted octanol–water partition coefficient (Wildman–Crippen LogP) is 4.99. The third kappa shape index (κ3) is 8.35. The quantitative estimate of drug-likeness (QED) is 0.267. The molecule has 0 radical (unpaired) electrons. The van der Waals surface area contributed by atoms with Gasteiger partial charge >= 0.3 is 0 Å². The first kappa shape index (κ1) is 28.3. The van der Waals surface area contributed by atoms with Gasteiger partial charge in [0.1, 0.15) is 5.69 Å². The number of ether oxygens (including phenoxy) is 4. The van der Waals surface area contributed by atoms with Gasteiger partial charge in [-0.25, -0.2) is 0 Å². The largest absolute Gasteiger partial charge is 0.493 e. The molecule has 0 saturated carbocycles. The van der Waals surface area contributed by atoms with E-state index in [1.54, 1.807) is 28.4 Å². The maximum absolute atomic E-state index is 12.1. The van der Waals surface area contributed by atoms with Gasteiger partial charge in [0.25, 0.3) is 0 Å². The summed E-state index contributed by atoms with van der Waals surface area (Å²) in [7, 11) is 8.83. The monoisotopic (exact) mass is 487 g/mol. The van der Waals surface area contributed by atoms with Crippen LogP contribution in [0.3, 0.4) is 0 Å². The minimum absolute atomic E-state index is 0.143. The standard InChI is InChI=1S/C28H42N2O5/c1-7-8-9-11-28(31)29-17-10-18-30(2,23-13-15-25(33-4)27(21-23)35-6)19-16-22-12-14-24(32-3)26(20-22)34-5/h12-15,20-21H,7-11,16-19H2,1-6H3/p+1. The molecule has 0 aliphatic rings. The van der Waals surface area contributed by atoms with E-state index in [4.69, 9.17) is 18.9 Å². The molecule has 1 unspecified atom stereocenters. The van der Waals surface area contributed by atoms with Gasteiger partial charge in [-0.05, 0) is 30.2 Å². The number of quaternary nitrogens is 1. The Morgan fingerprint density at radius 3 is 2.06 bits per heavy atom. The molecular weight excluding hydrogens is 444 g/mol. The molecule has 1 atom stereocenters. The fourth-order valence-electron chi connectivity index (χ4n) is 4.22. The predicted molar refractivity (Wildman–Crippen MR) is 142 cm³/mol. The number of hydrogen-bond donors (Lipinski definition) is 1. The lowest BCUT2D eigenvalue weighted by molar-refractivity contribution is -0.121. The first-order valence-electron chi connectivity index (χ1n) is 12.5. The summed E-state index contributed by atoms with van der Waals surface area (Å²) in [5, 5.41) is 3.08. The van der Waals surface area contributed by atoms with Gasteiger partial charge in [0.2, 0.25) is 5.91 Å². The molecule has 0 aromatic heterocycles. The summed E-state index contributed by atoms with van der Waals surface area (Å²) in [4.78, 5) is 12.1. The van der Waals surface area contributed by atoms with Gasteiger partial charge in [-0.15, -0.1) is 0 Å². The topological polar surface area (TPSA) is 66.0 Å². The van der Waals surface area contributed by atoms with Crippen LogP contribution in [0.2, 0.25) is 0 Å². The second kappa shape index (κ2) is 14.5. The Bertz CT molecular complexity index is 934. The first-order valence-corrected chi connectivity index (χ1v) is 12.5. The Hall–Kier alpha value is -2.93. The fourth-order valence-corrected chi connectivity index (χ4v) is 4.22. The van der Waals surface area contributed by atoms with E-state index in [2.05, 4.69) is 37.5 Å². The zero-order valence-corrected chi connectivity index (χ0v) is 22.3. The summed E-state index contributed by atoms with van der Waals surface area (Å²) in [6.45, 7) is 4.56. The molecule has 0 aliphatic carbocycles. The summed E-state index contributed by atoms with van der Waals surface area (Å²) >= 11 is 0. The van der Waals surface area contributed by atoms with E-state index in [-0.39, 0.29) is 5.91 Å². The van der Waals surface area contributed by atoms with Crippen molar-refractivity contribution >= 4 is 11.6 Å². The van der Waals surface area contributed by atoms with Crippen molar-refractivity contribution in [1.82, 2.24) is 9.80 Å².